The quantitative estimate of drug-likeness (QED) is 0.839. The number of methoxy groups -OCH3 is 2. The first kappa shape index (κ1) is 21.1. The van der Waals surface area contributed by atoms with Gasteiger partial charge >= 0.3 is 0 Å². The Morgan fingerprint density at radius 3 is 2.76 bits per heavy atom. The Kier molecular flexibility index (Phi) is 7.54. The fraction of sp³-hybridized carbons (Fsp3) is 0.375. The van der Waals surface area contributed by atoms with Gasteiger partial charge in [0.05, 0.1) is 43.7 Å². The van der Waals surface area contributed by atoms with Gasteiger partial charge in [0.1, 0.15) is 11.5 Å². The lowest BCUT2D eigenvalue weighted by atomic mass is 10.0. The average Bonchev–Trinajstić information content (AvgIpc) is 3.00. The van der Waals surface area contributed by atoms with E-state index in [4.69, 9.17) is 9.47 Å². The molecule has 1 atom stereocenters. The van der Waals surface area contributed by atoms with E-state index in [1.807, 2.05) is 11.9 Å². The molecule has 2 N–H and O–H groups in total. The number of nitrogens with zero attached hydrogens (tertiary/aromatic N) is 2. The van der Waals surface area contributed by atoms with Crippen molar-refractivity contribution in [1.82, 2.24) is 14.9 Å². The Morgan fingerprint density at radius 1 is 1.32 bits per heavy atom. The molecule has 0 fully saturated rings. The minimum atomic E-state index is -0.276. The maximum absolute atomic E-state index is 12.7. The summed E-state index contributed by atoms with van der Waals surface area (Å²) in [6.45, 7) is 0.669. The Hall–Kier alpha value is -1.96. The second-order valence-corrected chi connectivity index (χ2v) is 5.52. The predicted molar refractivity (Wildman–Crippen MR) is 100 cm³/mol. The van der Waals surface area contributed by atoms with E-state index in [9.17, 15) is 4.79 Å². The fourth-order valence-corrected chi connectivity index (χ4v) is 2.78. The number of H-pyrrole nitrogens is 1. The first-order valence-electron chi connectivity index (χ1n) is 7.36. The number of hydrogen-bond donors (Lipinski definition) is 2. The van der Waals surface area contributed by atoms with Crippen LogP contribution in [0.25, 0.3) is 0 Å². The maximum atomic E-state index is 12.7. The molecule has 0 saturated heterocycles. The van der Waals surface area contributed by atoms with Crippen LogP contribution in [-0.4, -0.2) is 48.1 Å². The van der Waals surface area contributed by atoms with E-state index < -0.39 is 0 Å². The number of nitrogens with one attached hydrogen (secondary N) is 2. The normalized spacial score (nSPS) is 16.0. The Bertz CT molecular complexity index is 723. The van der Waals surface area contributed by atoms with Gasteiger partial charge in [-0.05, 0) is 19.2 Å². The number of likely N-dealkylation sites (N-methyl/N-ethyl adjacent to an activating group) is 1. The van der Waals surface area contributed by atoms with Gasteiger partial charge in [0.2, 0.25) is 5.91 Å². The monoisotopic (exact) mass is 388 g/mol. The molecule has 7 nitrogen and oxygen atoms in total. The van der Waals surface area contributed by atoms with Crippen LogP contribution in [0.5, 0.6) is 11.5 Å². The minimum Gasteiger partial charge on any atom is -0.497 e. The zero-order chi connectivity index (χ0) is 16.4. The summed E-state index contributed by atoms with van der Waals surface area (Å²) in [7, 11) is 5.08. The van der Waals surface area contributed by atoms with Gasteiger partial charge in [0, 0.05) is 19.0 Å². The van der Waals surface area contributed by atoms with E-state index in [0.29, 0.717) is 30.2 Å². The van der Waals surface area contributed by atoms with Crippen LogP contribution in [0.4, 0.5) is 5.69 Å². The highest BCUT2D eigenvalue weighted by molar-refractivity contribution is 5.96. The van der Waals surface area contributed by atoms with Crippen molar-refractivity contribution in [3.8, 4) is 11.5 Å². The Labute approximate surface area is 158 Å². The van der Waals surface area contributed by atoms with Gasteiger partial charge in [0.15, 0.2) is 0 Å². The van der Waals surface area contributed by atoms with E-state index in [2.05, 4.69) is 15.3 Å². The van der Waals surface area contributed by atoms with Gasteiger partial charge < -0.3 is 19.8 Å². The summed E-state index contributed by atoms with van der Waals surface area (Å²) in [4.78, 5) is 22.1. The molecular formula is C16H22Cl2N4O3. The summed E-state index contributed by atoms with van der Waals surface area (Å²) in [6, 6.07) is 5.03. The van der Waals surface area contributed by atoms with Gasteiger partial charge in [-0.2, -0.15) is 0 Å². The summed E-state index contributed by atoms with van der Waals surface area (Å²) in [5.74, 6) is 1.17. The number of benzene rings is 1. The number of aromatic nitrogens is 2. The standard InChI is InChI=1S/C16H20N4O3.2ClH/c1-20-8-13-11(17-9-18-13)7-14(20)16(21)19-12-6-10(22-2)4-5-15(12)23-3;;/h4-6,9,14H,7-8H2,1-3H3,(H,17,18)(H,19,21);2*1H/t14-;;/m0../s1. The van der Waals surface area contributed by atoms with Crippen LogP contribution < -0.4 is 14.8 Å². The SMILES string of the molecule is COc1ccc(OC)c(NC(=O)[C@@H]2Cc3nc[nH]c3CN2C)c1.Cl.Cl. The fourth-order valence-electron chi connectivity index (χ4n) is 2.78. The number of anilines is 1. The Balaban J connectivity index is 0.00000156. The molecule has 0 unspecified atom stereocenters. The molecule has 9 heteroatoms. The smallest absolute Gasteiger partial charge is 0.242 e. The second-order valence-electron chi connectivity index (χ2n) is 5.52. The molecular weight excluding hydrogens is 367 g/mol. The summed E-state index contributed by atoms with van der Waals surface area (Å²) in [6.07, 6.45) is 2.25. The number of carbonyl (C=O) groups is 1. The predicted octanol–water partition coefficient (Wildman–Crippen LogP) is 2.27. The van der Waals surface area contributed by atoms with Crippen molar-refractivity contribution in [3.05, 3.63) is 35.9 Å². The number of halogens is 2. The lowest BCUT2D eigenvalue weighted by Gasteiger charge is -2.30. The Morgan fingerprint density at radius 2 is 2.08 bits per heavy atom. The molecule has 0 aliphatic carbocycles. The molecule has 0 saturated carbocycles. The highest BCUT2D eigenvalue weighted by Gasteiger charge is 2.31. The summed E-state index contributed by atoms with van der Waals surface area (Å²) in [5, 5.41) is 2.94. The zero-order valence-electron chi connectivity index (χ0n) is 14.2. The van der Waals surface area contributed by atoms with E-state index in [-0.39, 0.29) is 36.8 Å². The van der Waals surface area contributed by atoms with Crippen molar-refractivity contribution in [1.29, 1.82) is 0 Å². The molecule has 0 bridgehead atoms. The molecule has 0 radical (unpaired) electrons. The van der Waals surface area contributed by atoms with E-state index in [1.165, 1.54) is 0 Å². The molecule has 0 spiro atoms. The van der Waals surface area contributed by atoms with Crippen LogP contribution in [0.15, 0.2) is 24.5 Å². The first-order valence-corrected chi connectivity index (χ1v) is 7.36. The summed E-state index contributed by atoms with van der Waals surface area (Å²) in [5.41, 5.74) is 2.61. The number of fused-ring (bicyclic) bond motifs is 1. The van der Waals surface area contributed by atoms with Crippen molar-refractivity contribution in [2.24, 2.45) is 0 Å². The third-order valence-electron chi connectivity index (χ3n) is 4.10. The van der Waals surface area contributed by atoms with Gasteiger partial charge in [-0.1, -0.05) is 0 Å². The van der Waals surface area contributed by atoms with Crippen LogP contribution >= 0.6 is 24.8 Å². The molecule has 1 aliphatic heterocycles. The zero-order valence-corrected chi connectivity index (χ0v) is 15.9. The molecule has 2 aromatic rings. The highest BCUT2D eigenvalue weighted by atomic mass is 35.5. The lowest BCUT2D eigenvalue weighted by molar-refractivity contribution is -0.121. The molecule has 1 aromatic heterocycles. The van der Waals surface area contributed by atoms with Crippen LogP contribution in [0.2, 0.25) is 0 Å². The third kappa shape index (κ3) is 4.36. The number of hydrogen-bond acceptors (Lipinski definition) is 5. The van der Waals surface area contributed by atoms with E-state index >= 15 is 0 Å². The van der Waals surface area contributed by atoms with Gasteiger partial charge in [-0.3, -0.25) is 9.69 Å². The number of aromatic amines is 1. The number of imidazole rings is 1. The van der Waals surface area contributed by atoms with Crippen molar-refractivity contribution in [2.75, 3.05) is 26.6 Å². The van der Waals surface area contributed by atoms with Crippen molar-refractivity contribution in [3.63, 3.8) is 0 Å². The van der Waals surface area contributed by atoms with Crippen molar-refractivity contribution < 1.29 is 14.3 Å². The third-order valence-corrected chi connectivity index (χ3v) is 4.10. The van der Waals surface area contributed by atoms with Gasteiger partial charge in [-0.15, -0.1) is 24.8 Å². The van der Waals surface area contributed by atoms with Gasteiger partial charge in [-0.25, -0.2) is 4.98 Å². The number of amides is 1. The molecule has 3 rings (SSSR count). The lowest BCUT2D eigenvalue weighted by Crippen LogP contribution is -2.45. The van der Waals surface area contributed by atoms with Crippen LogP contribution in [-0.2, 0) is 17.8 Å². The summed E-state index contributed by atoms with van der Waals surface area (Å²) < 4.78 is 10.5. The highest BCUT2D eigenvalue weighted by Crippen LogP contribution is 2.29. The molecule has 138 valence electrons. The topological polar surface area (TPSA) is 79.5 Å². The van der Waals surface area contributed by atoms with Crippen LogP contribution in [0.3, 0.4) is 0 Å². The van der Waals surface area contributed by atoms with Crippen molar-refractivity contribution in [2.45, 2.75) is 19.0 Å². The van der Waals surface area contributed by atoms with E-state index in [0.717, 1.165) is 11.4 Å². The molecule has 2 heterocycles. The van der Waals surface area contributed by atoms with Gasteiger partial charge in [0.25, 0.3) is 0 Å². The van der Waals surface area contributed by atoms with Crippen LogP contribution in [0.1, 0.15) is 11.4 Å². The van der Waals surface area contributed by atoms with Crippen LogP contribution in [0, 0.1) is 0 Å². The molecule has 1 amide bonds. The maximum Gasteiger partial charge on any atom is 0.242 e. The molecule has 1 aromatic carbocycles. The number of ether oxygens (including phenoxy) is 2. The minimum absolute atomic E-state index is 0. The van der Waals surface area contributed by atoms with E-state index in [1.54, 1.807) is 38.7 Å². The second kappa shape index (κ2) is 8.94. The molecule has 1 aliphatic rings. The summed E-state index contributed by atoms with van der Waals surface area (Å²) >= 11 is 0. The number of carbonyl (C=O) groups excluding carboxylic acids is 1. The molecule has 25 heavy (non-hydrogen) atoms. The largest absolute Gasteiger partial charge is 0.497 e. The average molecular weight is 389 g/mol. The first-order chi connectivity index (χ1) is 11.1. The number of rotatable bonds is 4. The van der Waals surface area contributed by atoms with Crippen molar-refractivity contribution >= 4 is 36.4 Å².